The molecule has 2 nitrogen and oxygen atoms in total. The molecule has 64 valence electrons. The zero-order valence-electron chi connectivity index (χ0n) is 7.29. The Balaban J connectivity index is 2.17. The first-order valence-electron chi connectivity index (χ1n) is 4.49. The molecule has 0 atom stereocenters. The Morgan fingerprint density at radius 2 is 2.00 bits per heavy atom. The summed E-state index contributed by atoms with van der Waals surface area (Å²) in [5.74, 6) is 0.860. The molecule has 0 radical (unpaired) electrons. The summed E-state index contributed by atoms with van der Waals surface area (Å²) >= 11 is 0. The van der Waals surface area contributed by atoms with Crippen molar-refractivity contribution in [2.45, 2.75) is 38.1 Å². The van der Waals surface area contributed by atoms with Gasteiger partial charge in [0.1, 0.15) is 0 Å². The van der Waals surface area contributed by atoms with Crippen LogP contribution in [0.1, 0.15) is 32.1 Å². The second kappa shape index (κ2) is 4.50. The van der Waals surface area contributed by atoms with E-state index < -0.39 is 0 Å². The van der Waals surface area contributed by atoms with Crippen molar-refractivity contribution in [2.75, 3.05) is 7.05 Å². The molecule has 2 heteroatoms. The molecule has 0 unspecified atom stereocenters. The molecule has 0 aliphatic heterocycles. The highest BCUT2D eigenvalue weighted by Crippen LogP contribution is 2.24. The van der Waals surface area contributed by atoms with Crippen molar-refractivity contribution >= 4 is 6.21 Å². The smallest absolute Gasteiger partial charge is 0.0273 e. The van der Waals surface area contributed by atoms with Crippen LogP contribution in [0.4, 0.5) is 0 Å². The van der Waals surface area contributed by atoms with Gasteiger partial charge in [0.15, 0.2) is 0 Å². The minimum Gasteiger partial charge on any atom is -0.328 e. The van der Waals surface area contributed by atoms with Gasteiger partial charge in [-0.25, -0.2) is 0 Å². The second-order valence-electron chi connectivity index (χ2n) is 3.46. The summed E-state index contributed by atoms with van der Waals surface area (Å²) < 4.78 is 0. The minimum atomic E-state index is 0.477. The van der Waals surface area contributed by atoms with Crippen molar-refractivity contribution in [3.63, 3.8) is 0 Å². The molecule has 0 amide bonds. The number of aliphatic imine (C=N–C) groups is 1. The van der Waals surface area contributed by atoms with Crippen LogP contribution in [-0.2, 0) is 0 Å². The van der Waals surface area contributed by atoms with Gasteiger partial charge in [-0.3, -0.25) is 0 Å². The molecule has 11 heavy (non-hydrogen) atoms. The Bertz CT molecular complexity index is 124. The lowest BCUT2D eigenvalue weighted by atomic mass is 9.85. The van der Waals surface area contributed by atoms with E-state index in [-0.39, 0.29) is 0 Å². The maximum Gasteiger partial charge on any atom is 0.0273 e. The molecule has 0 aromatic carbocycles. The minimum absolute atomic E-state index is 0.477. The quantitative estimate of drug-likeness (QED) is 0.603. The van der Waals surface area contributed by atoms with Gasteiger partial charge in [-0.2, -0.15) is 0 Å². The molecule has 1 aliphatic carbocycles. The highest BCUT2D eigenvalue weighted by atomic mass is 14.6. The standard InChI is InChI=1S/C9H18N2/c1-11-7-6-8-2-4-9(10)5-3-8/h7-9H,2-6,10H2,1H3/b11-7-/t8-,9-. The van der Waals surface area contributed by atoms with E-state index in [1.165, 1.54) is 25.7 Å². The normalized spacial score (nSPS) is 32.9. The van der Waals surface area contributed by atoms with Gasteiger partial charge in [0.25, 0.3) is 0 Å². The van der Waals surface area contributed by atoms with Crippen LogP contribution < -0.4 is 5.73 Å². The van der Waals surface area contributed by atoms with Crippen LogP contribution in [0.25, 0.3) is 0 Å². The number of nitrogens with zero attached hydrogens (tertiary/aromatic N) is 1. The van der Waals surface area contributed by atoms with Crippen LogP contribution >= 0.6 is 0 Å². The Morgan fingerprint density at radius 1 is 1.36 bits per heavy atom. The van der Waals surface area contributed by atoms with Crippen LogP contribution in [0.15, 0.2) is 4.99 Å². The summed E-state index contributed by atoms with van der Waals surface area (Å²) in [7, 11) is 1.84. The first kappa shape index (κ1) is 8.72. The lowest BCUT2D eigenvalue weighted by molar-refractivity contribution is 0.335. The summed E-state index contributed by atoms with van der Waals surface area (Å²) in [5.41, 5.74) is 5.79. The third-order valence-corrected chi connectivity index (χ3v) is 2.51. The van der Waals surface area contributed by atoms with E-state index in [4.69, 9.17) is 5.73 Å². The summed E-state index contributed by atoms with van der Waals surface area (Å²) in [6.07, 6.45) is 8.20. The first-order chi connectivity index (χ1) is 5.33. The van der Waals surface area contributed by atoms with Crippen LogP contribution in [0.2, 0.25) is 0 Å². The Morgan fingerprint density at radius 3 is 2.55 bits per heavy atom. The van der Waals surface area contributed by atoms with Crippen LogP contribution in [0.5, 0.6) is 0 Å². The lowest BCUT2D eigenvalue weighted by Gasteiger charge is -2.24. The summed E-state index contributed by atoms with van der Waals surface area (Å²) in [6, 6.07) is 0.477. The third kappa shape index (κ3) is 3.02. The van der Waals surface area contributed by atoms with Gasteiger partial charge in [-0.1, -0.05) is 0 Å². The molecule has 0 bridgehead atoms. The molecule has 0 aromatic rings. The van der Waals surface area contributed by atoms with E-state index in [0.29, 0.717) is 6.04 Å². The fourth-order valence-corrected chi connectivity index (χ4v) is 1.68. The topological polar surface area (TPSA) is 38.4 Å². The molecular weight excluding hydrogens is 136 g/mol. The van der Waals surface area contributed by atoms with Gasteiger partial charge in [0, 0.05) is 13.1 Å². The van der Waals surface area contributed by atoms with Crippen LogP contribution in [0, 0.1) is 5.92 Å². The van der Waals surface area contributed by atoms with Crippen molar-refractivity contribution in [3.05, 3.63) is 0 Å². The molecule has 0 saturated heterocycles. The highest BCUT2D eigenvalue weighted by molar-refractivity contribution is 5.57. The van der Waals surface area contributed by atoms with Crippen molar-refractivity contribution in [1.29, 1.82) is 0 Å². The van der Waals surface area contributed by atoms with Gasteiger partial charge in [0.2, 0.25) is 0 Å². The maximum atomic E-state index is 5.79. The van der Waals surface area contributed by atoms with Crippen LogP contribution in [0.3, 0.4) is 0 Å². The molecule has 1 rings (SSSR count). The number of rotatable bonds is 2. The molecule has 1 fully saturated rings. The molecule has 1 aliphatic rings. The van der Waals surface area contributed by atoms with Crippen molar-refractivity contribution < 1.29 is 0 Å². The maximum absolute atomic E-state index is 5.79. The summed E-state index contributed by atoms with van der Waals surface area (Å²) in [4.78, 5) is 3.99. The summed E-state index contributed by atoms with van der Waals surface area (Å²) in [6.45, 7) is 0. The van der Waals surface area contributed by atoms with Gasteiger partial charge >= 0.3 is 0 Å². The molecular formula is C9H18N2. The fourth-order valence-electron chi connectivity index (χ4n) is 1.68. The number of hydrogen-bond donors (Lipinski definition) is 1. The predicted molar refractivity (Wildman–Crippen MR) is 49.0 cm³/mol. The first-order valence-corrected chi connectivity index (χ1v) is 4.49. The predicted octanol–water partition coefficient (Wildman–Crippen LogP) is 1.59. The average molecular weight is 154 g/mol. The molecule has 0 spiro atoms. The van der Waals surface area contributed by atoms with Gasteiger partial charge in [0.05, 0.1) is 0 Å². The van der Waals surface area contributed by atoms with Crippen molar-refractivity contribution in [2.24, 2.45) is 16.6 Å². The van der Waals surface area contributed by atoms with E-state index in [2.05, 4.69) is 4.99 Å². The average Bonchev–Trinajstić information content (AvgIpc) is 2.04. The monoisotopic (exact) mass is 154 g/mol. The molecule has 0 heterocycles. The Labute approximate surface area is 68.9 Å². The molecule has 2 N–H and O–H groups in total. The fraction of sp³-hybridized carbons (Fsp3) is 0.889. The molecule has 1 saturated carbocycles. The highest BCUT2D eigenvalue weighted by Gasteiger charge is 2.16. The van der Waals surface area contributed by atoms with E-state index in [9.17, 15) is 0 Å². The number of hydrogen-bond acceptors (Lipinski definition) is 2. The Kier molecular flexibility index (Phi) is 3.57. The van der Waals surface area contributed by atoms with Crippen molar-refractivity contribution in [3.8, 4) is 0 Å². The summed E-state index contributed by atoms with van der Waals surface area (Å²) in [5, 5.41) is 0. The molecule has 0 aromatic heterocycles. The largest absolute Gasteiger partial charge is 0.328 e. The van der Waals surface area contributed by atoms with Gasteiger partial charge in [-0.05, 0) is 44.2 Å². The zero-order valence-corrected chi connectivity index (χ0v) is 7.29. The van der Waals surface area contributed by atoms with Gasteiger partial charge < -0.3 is 10.7 Å². The van der Waals surface area contributed by atoms with Crippen LogP contribution in [-0.4, -0.2) is 19.3 Å². The second-order valence-corrected chi connectivity index (χ2v) is 3.46. The lowest BCUT2D eigenvalue weighted by Crippen LogP contribution is -2.26. The van der Waals surface area contributed by atoms with Crippen molar-refractivity contribution in [1.82, 2.24) is 0 Å². The van der Waals surface area contributed by atoms with Gasteiger partial charge in [-0.15, -0.1) is 0 Å². The van der Waals surface area contributed by atoms with E-state index >= 15 is 0 Å². The SMILES string of the molecule is C/N=C\C[C@H]1CC[C@H](N)CC1. The number of nitrogens with two attached hydrogens (primary N) is 1. The Hall–Kier alpha value is -0.370. The van der Waals surface area contributed by atoms with E-state index in [0.717, 1.165) is 12.3 Å². The zero-order chi connectivity index (χ0) is 8.10. The van der Waals surface area contributed by atoms with E-state index in [1.54, 1.807) is 0 Å². The third-order valence-electron chi connectivity index (χ3n) is 2.51. The van der Waals surface area contributed by atoms with E-state index in [1.807, 2.05) is 13.3 Å².